The highest BCUT2D eigenvalue weighted by molar-refractivity contribution is 6.30. The fourth-order valence-electron chi connectivity index (χ4n) is 3.07. The molecule has 0 aliphatic rings. The van der Waals surface area contributed by atoms with Crippen LogP contribution in [-0.4, -0.2) is 17.0 Å². The number of nitrogens with one attached hydrogen (secondary N) is 1. The van der Waals surface area contributed by atoms with E-state index in [1.54, 1.807) is 12.1 Å². The van der Waals surface area contributed by atoms with E-state index in [9.17, 15) is 9.18 Å². The van der Waals surface area contributed by atoms with Gasteiger partial charge in [0, 0.05) is 22.9 Å². The van der Waals surface area contributed by atoms with Crippen molar-refractivity contribution in [2.24, 2.45) is 0 Å². The normalized spacial score (nSPS) is 10.8. The molecule has 0 bridgehead atoms. The van der Waals surface area contributed by atoms with Gasteiger partial charge < -0.3 is 9.88 Å². The number of hydrogen-bond donors (Lipinski definition) is 1. The minimum atomic E-state index is -0.297. The quantitative estimate of drug-likeness (QED) is 0.537. The molecule has 1 aromatic heterocycles. The van der Waals surface area contributed by atoms with Crippen LogP contribution in [-0.2, 0) is 0 Å². The minimum Gasteiger partial charge on any atom is -0.352 e. The van der Waals surface area contributed by atoms with E-state index in [4.69, 9.17) is 11.6 Å². The zero-order chi connectivity index (χ0) is 19.4. The molecule has 1 amide bonds. The van der Waals surface area contributed by atoms with Gasteiger partial charge in [0.05, 0.1) is 11.3 Å². The topological polar surface area (TPSA) is 34.0 Å². The van der Waals surface area contributed by atoms with Gasteiger partial charge in [-0.2, -0.15) is 0 Å². The summed E-state index contributed by atoms with van der Waals surface area (Å²) in [4.78, 5) is 12.7. The van der Waals surface area contributed by atoms with Crippen LogP contribution in [0.3, 0.4) is 0 Å². The van der Waals surface area contributed by atoms with E-state index in [1.807, 2.05) is 41.8 Å². The van der Waals surface area contributed by atoms with Gasteiger partial charge in [-0.05, 0) is 61.4 Å². The number of unbranched alkanes of at least 4 members (excludes halogenated alkanes) is 1. The first-order chi connectivity index (χ1) is 13.0. The summed E-state index contributed by atoms with van der Waals surface area (Å²) in [6.45, 7) is 4.63. The van der Waals surface area contributed by atoms with Gasteiger partial charge >= 0.3 is 0 Å². The Kier molecular flexibility index (Phi) is 5.97. The molecule has 0 radical (unpaired) electrons. The Balaban J connectivity index is 2.09. The Bertz CT molecular complexity index is 930. The molecule has 2 aromatic carbocycles. The first-order valence-corrected chi connectivity index (χ1v) is 9.41. The van der Waals surface area contributed by atoms with Crippen LogP contribution in [0.1, 0.15) is 35.8 Å². The predicted octanol–water partition coefficient (Wildman–Crippen LogP) is 5.78. The van der Waals surface area contributed by atoms with Crippen molar-refractivity contribution >= 4 is 17.5 Å². The highest BCUT2D eigenvalue weighted by atomic mass is 35.5. The summed E-state index contributed by atoms with van der Waals surface area (Å²) in [7, 11) is 0. The molecule has 5 heteroatoms. The average Bonchev–Trinajstić information content (AvgIpc) is 3.00. The van der Waals surface area contributed by atoms with Crippen molar-refractivity contribution in [3.05, 3.63) is 76.7 Å². The Morgan fingerprint density at radius 2 is 1.78 bits per heavy atom. The van der Waals surface area contributed by atoms with Gasteiger partial charge in [-0.25, -0.2) is 4.39 Å². The molecule has 27 heavy (non-hydrogen) atoms. The fraction of sp³-hybridized carbons (Fsp3) is 0.227. The number of aromatic nitrogens is 1. The van der Waals surface area contributed by atoms with E-state index in [2.05, 4.69) is 12.2 Å². The molecular formula is C22H22ClFN2O. The fourth-order valence-corrected chi connectivity index (χ4v) is 3.19. The number of carbonyl (C=O) groups excluding carboxylic acids is 1. The third kappa shape index (κ3) is 4.22. The Morgan fingerprint density at radius 3 is 2.41 bits per heavy atom. The summed E-state index contributed by atoms with van der Waals surface area (Å²) in [6, 6.07) is 15.6. The van der Waals surface area contributed by atoms with Crippen molar-refractivity contribution in [2.45, 2.75) is 26.7 Å². The van der Waals surface area contributed by atoms with Crippen molar-refractivity contribution in [1.82, 2.24) is 9.88 Å². The van der Waals surface area contributed by atoms with E-state index >= 15 is 0 Å². The summed E-state index contributed by atoms with van der Waals surface area (Å²) in [6.07, 6.45) is 1.96. The lowest BCUT2D eigenvalue weighted by molar-refractivity contribution is 0.0952. The molecule has 0 unspecified atom stereocenters. The molecule has 1 N–H and O–H groups in total. The van der Waals surface area contributed by atoms with Gasteiger partial charge in [0.2, 0.25) is 0 Å². The van der Waals surface area contributed by atoms with Crippen LogP contribution in [0.5, 0.6) is 0 Å². The van der Waals surface area contributed by atoms with E-state index in [0.29, 0.717) is 17.1 Å². The molecule has 0 atom stereocenters. The van der Waals surface area contributed by atoms with Gasteiger partial charge in [0.25, 0.3) is 5.91 Å². The zero-order valence-electron chi connectivity index (χ0n) is 15.4. The van der Waals surface area contributed by atoms with Crippen LogP contribution in [0.4, 0.5) is 4.39 Å². The van der Waals surface area contributed by atoms with Crippen molar-refractivity contribution in [3.63, 3.8) is 0 Å². The van der Waals surface area contributed by atoms with Crippen molar-refractivity contribution in [1.29, 1.82) is 0 Å². The lowest BCUT2D eigenvalue weighted by Gasteiger charge is -2.12. The highest BCUT2D eigenvalue weighted by Gasteiger charge is 2.19. The van der Waals surface area contributed by atoms with Crippen molar-refractivity contribution in [3.8, 4) is 16.9 Å². The smallest absolute Gasteiger partial charge is 0.253 e. The summed E-state index contributed by atoms with van der Waals surface area (Å²) >= 11 is 6.02. The van der Waals surface area contributed by atoms with Crippen LogP contribution < -0.4 is 5.32 Å². The predicted molar refractivity (Wildman–Crippen MR) is 108 cm³/mol. The second-order valence-corrected chi connectivity index (χ2v) is 6.89. The lowest BCUT2D eigenvalue weighted by atomic mass is 10.1. The molecule has 1 heterocycles. The van der Waals surface area contributed by atoms with Gasteiger partial charge in [-0.15, -0.1) is 0 Å². The standard InChI is InChI=1S/C22H22ClFN2O/c1-3-4-13-25-22(27)20-14-21(16-5-7-17(23)8-6-16)26(15(20)2)19-11-9-18(24)10-12-19/h5-12,14H,3-4,13H2,1-2H3,(H,25,27). The van der Waals surface area contributed by atoms with Gasteiger partial charge in [-0.3, -0.25) is 4.79 Å². The molecule has 0 aliphatic carbocycles. The summed E-state index contributed by atoms with van der Waals surface area (Å²) in [5.41, 5.74) is 4.00. The second-order valence-electron chi connectivity index (χ2n) is 6.46. The Hall–Kier alpha value is -2.59. The van der Waals surface area contributed by atoms with Crippen LogP contribution >= 0.6 is 11.6 Å². The zero-order valence-corrected chi connectivity index (χ0v) is 16.2. The summed E-state index contributed by atoms with van der Waals surface area (Å²) in [5.74, 6) is -0.397. The van der Waals surface area contributed by atoms with Crippen LogP contribution in [0, 0.1) is 12.7 Å². The number of hydrogen-bond acceptors (Lipinski definition) is 1. The van der Waals surface area contributed by atoms with Crippen molar-refractivity contribution < 1.29 is 9.18 Å². The first-order valence-electron chi connectivity index (χ1n) is 9.03. The summed E-state index contributed by atoms with van der Waals surface area (Å²) < 4.78 is 15.4. The number of halogens is 2. The van der Waals surface area contributed by atoms with E-state index in [-0.39, 0.29) is 11.7 Å². The number of amides is 1. The largest absolute Gasteiger partial charge is 0.352 e. The Morgan fingerprint density at radius 1 is 1.11 bits per heavy atom. The molecule has 0 fully saturated rings. The first kappa shape index (κ1) is 19.2. The molecule has 140 valence electrons. The average molecular weight is 385 g/mol. The maximum Gasteiger partial charge on any atom is 0.253 e. The second kappa shape index (κ2) is 8.40. The van der Waals surface area contributed by atoms with Crippen LogP contribution in [0.2, 0.25) is 5.02 Å². The van der Waals surface area contributed by atoms with E-state index in [1.165, 1.54) is 12.1 Å². The maximum atomic E-state index is 13.4. The van der Waals surface area contributed by atoms with Crippen LogP contribution in [0.25, 0.3) is 16.9 Å². The number of nitrogens with zero attached hydrogens (tertiary/aromatic N) is 1. The highest BCUT2D eigenvalue weighted by Crippen LogP contribution is 2.30. The van der Waals surface area contributed by atoms with Gasteiger partial charge in [-0.1, -0.05) is 37.1 Å². The van der Waals surface area contributed by atoms with E-state index in [0.717, 1.165) is 35.5 Å². The lowest BCUT2D eigenvalue weighted by Crippen LogP contribution is -2.24. The third-order valence-electron chi connectivity index (χ3n) is 4.53. The SMILES string of the molecule is CCCCNC(=O)c1cc(-c2ccc(Cl)cc2)n(-c2ccc(F)cc2)c1C. The molecule has 0 spiro atoms. The molecule has 0 saturated carbocycles. The Labute approximate surface area is 163 Å². The molecule has 0 saturated heterocycles. The summed E-state index contributed by atoms with van der Waals surface area (Å²) in [5, 5.41) is 3.62. The molecular weight excluding hydrogens is 363 g/mol. The van der Waals surface area contributed by atoms with Crippen molar-refractivity contribution in [2.75, 3.05) is 6.54 Å². The number of rotatable bonds is 6. The minimum absolute atomic E-state index is 0.1000. The molecule has 3 nitrogen and oxygen atoms in total. The van der Waals surface area contributed by atoms with Crippen LogP contribution in [0.15, 0.2) is 54.6 Å². The number of benzene rings is 2. The molecule has 3 aromatic rings. The van der Waals surface area contributed by atoms with E-state index < -0.39 is 0 Å². The molecule has 3 rings (SSSR count). The molecule has 0 aliphatic heterocycles. The van der Waals surface area contributed by atoms with Gasteiger partial charge in [0.1, 0.15) is 5.82 Å². The maximum absolute atomic E-state index is 13.4. The van der Waals surface area contributed by atoms with Gasteiger partial charge in [0.15, 0.2) is 0 Å². The number of carbonyl (C=O) groups is 1. The monoisotopic (exact) mass is 384 g/mol. The third-order valence-corrected chi connectivity index (χ3v) is 4.78.